The summed E-state index contributed by atoms with van der Waals surface area (Å²) in [5, 5.41) is 0. The van der Waals surface area contributed by atoms with Crippen molar-refractivity contribution in [2.24, 2.45) is 0 Å². The molecule has 2 rings (SSSR count). The highest BCUT2D eigenvalue weighted by Crippen LogP contribution is 2.06. The quantitative estimate of drug-likeness (QED) is 0.741. The van der Waals surface area contributed by atoms with Crippen molar-refractivity contribution in [3.63, 3.8) is 0 Å². The molecule has 0 amide bonds. The lowest BCUT2D eigenvalue weighted by Crippen LogP contribution is -1.94. The molecule has 0 N–H and O–H groups in total. The molecule has 15 heavy (non-hydrogen) atoms. The molecule has 0 aliphatic rings. The zero-order valence-electron chi connectivity index (χ0n) is 9.07. The maximum Gasteiger partial charge on any atom is 0.0463 e. The number of nitrogens with zero attached hydrogens (tertiary/aromatic N) is 2. The average Bonchev–Trinajstić information content (AvgIpc) is 2.25. The predicted molar refractivity (Wildman–Crippen MR) is 60.8 cm³/mol. The highest BCUT2D eigenvalue weighted by Gasteiger charge is 1.98. The van der Waals surface area contributed by atoms with Crippen molar-refractivity contribution < 1.29 is 0 Å². The lowest BCUT2D eigenvalue weighted by Gasteiger charge is -2.01. The van der Waals surface area contributed by atoms with Gasteiger partial charge in [0.25, 0.3) is 0 Å². The van der Waals surface area contributed by atoms with Crippen LogP contribution >= 0.6 is 0 Å². The molecule has 0 bridgehead atoms. The lowest BCUT2D eigenvalue weighted by atomic mass is 10.1. The van der Waals surface area contributed by atoms with Gasteiger partial charge in [-0.3, -0.25) is 9.97 Å². The summed E-state index contributed by atoms with van der Waals surface area (Å²) in [5.41, 5.74) is 4.51. The Labute approximate surface area is 90.0 Å². The van der Waals surface area contributed by atoms with Gasteiger partial charge in [0, 0.05) is 30.2 Å². The van der Waals surface area contributed by atoms with Crippen LogP contribution in [0.4, 0.5) is 0 Å². The van der Waals surface area contributed by atoms with E-state index < -0.39 is 0 Å². The van der Waals surface area contributed by atoms with Gasteiger partial charge in [0.15, 0.2) is 0 Å². The fourth-order valence-electron chi connectivity index (χ4n) is 1.39. The van der Waals surface area contributed by atoms with Gasteiger partial charge in [-0.1, -0.05) is 12.1 Å². The van der Waals surface area contributed by atoms with Crippen LogP contribution in [0.5, 0.6) is 0 Å². The molecule has 0 unspecified atom stereocenters. The average molecular weight is 198 g/mol. The molecular formula is C13H14N2. The summed E-state index contributed by atoms with van der Waals surface area (Å²) in [4.78, 5) is 8.71. The van der Waals surface area contributed by atoms with Crippen LogP contribution in [-0.2, 0) is 6.42 Å². The Morgan fingerprint density at radius 1 is 0.800 bits per heavy atom. The van der Waals surface area contributed by atoms with Gasteiger partial charge in [-0.15, -0.1) is 0 Å². The summed E-state index contributed by atoms with van der Waals surface area (Å²) in [6, 6.07) is 8.26. The van der Waals surface area contributed by atoms with Crippen molar-refractivity contribution in [2.75, 3.05) is 0 Å². The van der Waals surface area contributed by atoms with Crippen molar-refractivity contribution >= 4 is 0 Å². The van der Waals surface area contributed by atoms with Gasteiger partial charge in [0.1, 0.15) is 0 Å². The number of aromatic nitrogens is 2. The number of pyridine rings is 2. The zero-order valence-corrected chi connectivity index (χ0v) is 9.07. The van der Waals surface area contributed by atoms with Gasteiger partial charge in [0.05, 0.1) is 0 Å². The van der Waals surface area contributed by atoms with E-state index in [1.165, 1.54) is 11.1 Å². The minimum Gasteiger partial charge on any atom is -0.261 e. The summed E-state index contributed by atoms with van der Waals surface area (Å²) < 4.78 is 0. The smallest absolute Gasteiger partial charge is 0.0463 e. The molecule has 2 heteroatoms. The van der Waals surface area contributed by atoms with E-state index in [-0.39, 0.29) is 0 Å². The normalized spacial score (nSPS) is 10.3. The highest BCUT2D eigenvalue weighted by atomic mass is 14.7. The van der Waals surface area contributed by atoms with E-state index in [0.29, 0.717) is 0 Å². The summed E-state index contributed by atoms with van der Waals surface area (Å²) >= 11 is 0. The van der Waals surface area contributed by atoms with Crippen molar-refractivity contribution in [1.29, 1.82) is 0 Å². The molecule has 0 spiro atoms. The number of rotatable bonds is 2. The fraction of sp³-hybridized carbons (Fsp3) is 0.231. The fourth-order valence-corrected chi connectivity index (χ4v) is 1.39. The van der Waals surface area contributed by atoms with Gasteiger partial charge in [-0.05, 0) is 37.1 Å². The maximum absolute atomic E-state index is 4.36. The number of hydrogen-bond donors (Lipinski definition) is 0. The second kappa shape index (κ2) is 4.22. The minimum atomic E-state index is 0.806. The second-order valence-corrected chi connectivity index (χ2v) is 3.83. The molecule has 2 heterocycles. The van der Waals surface area contributed by atoms with Crippen LogP contribution in [0.25, 0.3) is 0 Å². The van der Waals surface area contributed by atoms with Crippen LogP contribution in [0.1, 0.15) is 22.5 Å². The summed E-state index contributed by atoms with van der Waals surface area (Å²) in [7, 11) is 0. The van der Waals surface area contributed by atoms with E-state index in [1.54, 1.807) is 0 Å². The molecule has 76 valence electrons. The Balaban J connectivity index is 2.15. The first-order valence-electron chi connectivity index (χ1n) is 5.07. The zero-order chi connectivity index (χ0) is 10.7. The van der Waals surface area contributed by atoms with Crippen molar-refractivity contribution in [2.45, 2.75) is 20.3 Å². The standard InChI is InChI=1S/C13H14N2/c1-10-3-5-12(14-8-10)7-13-6-4-11(2)9-15-13/h3-6,8-9H,7H2,1-2H3. The lowest BCUT2D eigenvalue weighted by molar-refractivity contribution is 1.00. The van der Waals surface area contributed by atoms with Crippen LogP contribution in [-0.4, -0.2) is 9.97 Å². The van der Waals surface area contributed by atoms with Crippen molar-refractivity contribution in [3.8, 4) is 0 Å². The van der Waals surface area contributed by atoms with Crippen molar-refractivity contribution in [3.05, 3.63) is 59.2 Å². The Morgan fingerprint density at radius 3 is 1.60 bits per heavy atom. The monoisotopic (exact) mass is 198 g/mol. The predicted octanol–water partition coefficient (Wildman–Crippen LogP) is 2.68. The first-order valence-corrected chi connectivity index (χ1v) is 5.07. The summed E-state index contributed by atoms with van der Waals surface area (Å²) in [5.74, 6) is 0. The third-order valence-electron chi connectivity index (χ3n) is 2.31. The third-order valence-corrected chi connectivity index (χ3v) is 2.31. The highest BCUT2D eigenvalue weighted by molar-refractivity contribution is 5.19. The van der Waals surface area contributed by atoms with Gasteiger partial charge >= 0.3 is 0 Å². The largest absolute Gasteiger partial charge is 0.261 e. The molecule has 2 nitrogen and oxygen atoms in total. The molecule has 0 aromatic carbocycles. The number of hydrogen-bond acceptors (Lipinski definition) is 2. The van der Waals surface area contributed by atoms with Crippen LogP contribution in [0.15, 0.2) is 36.7 Å². The Hall–Kier alpha value is -1.70. The molecule has 0 aliphatic carbocycles. The summed E-state index contributed by atoms with van der Waals surface area (Å²) in [6.07, 6.45) is 4.59. The molecule has 0 aliphatic heterocycles. The van der Waals surface area contributed by atoms with Gasteiger partial charge in [-0.25, -0.2) is 0 Å². The van der Waals surface area contributed by atoms with E-state index >= 15 is 0 Å². The molecule has 0 saturated carbocycles. The van der Waals surface area contributed by atoms with Crippen LogP contribution in [0, 0.1) is 13.8 Å². The third kappa shape index (κ3) is 2.62. The molecule has 2 aromatic heterocycles. The molecular weight excluding hydrogens is 184 g/mol. The molecule has 0 radical (unpaired) electrons. The number of aryl methyl sites for hydroxylation is 2. The van der Waals surface area contributed by atoms with E-state index in [1.807, 2.05) is 26.2 Å². The molecule has 0 atom stereocenters. The Morgan fingerprint density at radius 2 is 1.27 bits per heavy atom. The van der Waals surface area contributed by atoms with Crippen molar-refractivity contribution in [1.82, 2.24) is 9.97 Å². The van der Waals surface area contributed by atoms with Gasteiger partial charge in [-0.2, -0.15) is 0 Å². The SMILES string of the molecule is Cc1ccc(Cc2ccc(C)cn2)nc1. The van der Waals surface area contributed by atoms with Crippen LogP contribution in [0.2, 0.25) is 0 Å². The van der Waals surface area contributed by atoms with E-state index in [0.717, 1.165) is 17.8 Å². The van der Waals surface area contributed by atoms with E-state index in [2.05, 4.69) is 34.2 Å². The van der Waals surface area contributed by atoms with Gasteiger partial charge < -0.3 is 0 Å². The Kier molecular flexibility index (Phi) is 2.77. The summed E-state index contributed by atoms with van der Waals surface area (Å²) in [6.45, 7) is 4.09. The van der Waals surface area contributed by atoms with Crippen LogP contribution in [0.3, 0.4) is 0 Å². The molecule has 2 aromatic rings. The van der Waals surface area contributed by atoms with Crippen LogP contribution < -0.4 is 0 Å². The van der Waals surface area contributed by atoms with E-state index in [4.69, 9.17) is 0 Å². The maximum atomic E-state index is 4.36. The van der Waals surface area contributed by atoms with Gasteiger partial charge in [0.2, 0.25) is 0 Å². The topological polar surface area (TPSA) is 25.8 Å². The first-order chi connectivity index (χ1) is 7.24. The second-order valence-electron chi connectivity index (χ2n) is 3.83. The molecule has 0 saturated heterocycles. The van der Waals surface area contributed by atoms with E-state index in [9.17, 15) is 0 Å². The molecule has 0 fully saturated rings. The Bertz CT molecular complexity index is 386. The minimum absolute atomic E-state index is 0.806. The first kappa shape index (κ1) is 9.84.